The van der Waals surface area contributed by atoms with Gasteiger partial charge < -0.3 is 9.84 Å². The van der Waals surface area contributed by atoms with E-state index in [1.807, 2.05) is 54.6 Å². The molecular formula is C26H25NO3. The molecule has 152 valence electrons. The van der Waals surface area contributed by atoms with Gasteiger partial charge in [-0.2, -0.15) is 0 Å². The van der Waals surface area contributed by atoms with Crippen molar-refractivity contribution in [3.05, 3.63) is 120 Å². The average molecular weight is 399 g/mol. The van der Waals surface area contributed by atoms with E-state index in [2.05, 4.69) is 47.9 Å². The van der Waals surface area contributed by atoms with Gasteiger partial charge in [-0.1, -0.05) is 97.6 Å². The second-order valence-corrected chi connectivity index (χ2v) is 7.49. The fourth-order valence-corrected chi connectivity index (χ4v) is 4.33. The van der Waals surface area contributed by atoms with Gasteiger partial charge in [0.2, 0.25) is 0 Å². The molecular weight excluding hydrogens is 374 g/mol. The highest BCUT2D eigenvalue weighted by atomic mass is 16.5. The Kier molecular flexibility index (Phi) is 5.53. The molecule has 0 spiro atoms. The van der Waals surface area contributed by atoms with E-state index in [1.54, 1.807) is 0 Å². The minimum Gasteiger partial charge on any atom is -0.466 e. The molecule has 4 nitrogen and oxygen atoms in total. The van der Waals surface area contributed by atoms with Crippen molar-refractivity contribution in [3.63, 3.8) is 0 Å². The zero-order valence-electron chi connectivity index (χ0n) is 16.9. The minimum absolute atomic E-state index is 0.0769. The van der Waals surface area contributed by atoms with Crippen molar-refractivity contribution in [2.24, 2.45) is 0 Å². The predicted octanol–water partition coefficient (Wildman–Crippen LogP) is 3.75. The summed E-state index contributed by atoms with van der Waals surface area (Å²) in [5, 5.41) is 10.9. The van der Waals surface area contributed by atoms with Gasteiger partial charge >= 0.3 is 5.97 Å². The van der Waals surface area contributed by atoms with Gasteiger partial charge in [-0.15, -0.1) is 0 Å². The van der Waals surface area contributed by atoms with Crippen molar-refractivity contribution >= 4 is 5.97 Å². The quantitative estimate of drug-likeness (QED) is 0.285. The smallest absolute Gasteiger partial charge is 0.335 e. The highest BCUT2D eigenvalue weighted by Crippen LogP contribution is 2.49. The van der Waals surface area contributed by atoms with Gasteiger partial charge in [0.1, 0.15) is 6.10 Å². The summed E-state index contributed by atoms with van der Waals surface area (Å²) < 4.78 is 4.77. The molecule has 1 aliphatic heterocycles. The van der Waals surface area contributed by atoms with Crippen molar-refractivity contribution in [3.8, 4) is 0 Å². The highest BCUT2D eigenvalue weighted by molar-refractivity contribution is 5.89. The molecule has 4 heteroatoms. The number of nitrogens with zero attached hydrogens (tertiary/aromatic N) is 1. The Hall–Kier alpha value is -3.21. The van der Waals surface area contributed by atoms with Crippen molar-refractivity contribution in [2.45, 2.75) is 17.7 Å². The van der Waals surface area contributed by atoms with Gasteiger partial charge in [0.15, 0.2) is 0 Å². The number of aliphatic hydroxyl groups is 1. The average Bonchev–Trinajstić information content (AvgIpc) is 3.61. The molecule has 0 saturated carbocycles. The second kappa shape index (κ2) is 8.27. The molecule has 30 heavy (non-hydrogen) atoms. The lowest BCUT2D eigenvalue weighted by molar-refractivity contribution is -0.137. The Morgan fingerprint density at radius 1 is 0.933 bits per heavy atom. The number of ether oxygens (including phenoxy) is 1. The lowest BCUT2D eigenvalue weighted by Gasteiger charge is -2.38. The first-order valence-corrected chi connectivity index (χ1v) is 9.99. The van der Waals surface area contributed by atoms with Gasteiger partial charge in [0.05, 0.1) is 24.3 Å². The summed E-state index contributed by atoms with van der Waals surface area (Å²) in [6.07, 6.45) is -1.01. The molecule has 3 aromatic rings. The molecule has 0 bridgehead atoms. The van der Waals surface area contributed by atoms with Crippen molar-refractivity contribution in [1.29, 1.82) is 0 Å². The fourth-order valence-electron chi connectivity index (χ4n) is 4.33. The first-order valence-electron chi connectivity index (χ1n) is 9.99. The predicted molar refractivity (Wildman–Crippen MR) is 117 cm³/mol. The zero-order valence-corrected chi connectivity index (χ0v) is 16.9. The van der Waals surface area contributed by atoms with E-state index < -0.39 is 17.6 Å². The third-order valence-electron chi connectivity index (χ3n) is 5.83. The number of methoxy groups -OCH3 is 1. The molecule has 3 atom stereocenters. The van der Waals surface area contributed by atoms with Gasteiger partial charge in [-0.05, 0) is 16.7 Å². The molecule has 3 aromatic carbocycles. The van der Waals surface area contributed by atoms with Gasteiger partial charge in [0, 0.05) is 6.54 Å². The maximum atomic E-state index is 12.0. The van der Waals surface area contributed by atoms with Crippen LogP contribution in [0.2, 0.25) is 0 Å². The maximum Gasteiger partial charge on any atom is 0.335 e. The first-order chi connectivity index (χ1) is 14.6. The summed E-state index contributed by atoms with van der Waals surface area (Å²) in [6, 6.07) is 30.5. The maximum absolute atomic E-state index is 12.0. The van der Waals surface area contributed by atoms with Crippen LogP contribution in [0.1, 0.15) is 16.7 Å². The van der Waals surface area contributed by atoms with E-state index in [0.29, 0.717) is 6.54 Å². The van der Waals surface area contributed by atoms with Crippen LogP contribution in [0.3, 0.4) is 0 Å². The number of carbonyl (C=O) groups is 1. The second-order valence-electron chi connectivity index (χ2n) is 7.49. The molecule has 0 amide bonds. The number of aliphatic hydroxyl groups excluding tert-OH is 1. The highest BCUT2D eigenvalue weighted by Gasteiger charge is 2.56. The van der Waals surface area contributed by atoms with Crippen LogP contribution in [0.4, 0.5) is 0 Å². The third-order valence-corrected chi connectivity index (χ3v) is 5.83. The Labute approximate surface area is 177 Å². The van der Waals surface area contributed by atoms with Crippen LogP contribution in [-0.2, 0) is 15.1 Å². The van der Waals surface area contributed by atoms with E-state index in [-0.39, 0.29) is 11.6 Å². The molecule has 4 rings (SSSR count). The van der Waals surface area contributed by atoms with Crippen molar-refractivity contribution in [1.82, 2.24) is 4.90 Å². The van der Waals surface area contributed by atoms with Crippen LogP contribution in [0.15, 0.2) is 103 Å². The number of rotatable bonds is 7. The van der Waals surface area contributed by atoms with Crippen molar-refractivity contribution < 1.29 is 14.6 Å². The normalized spacial score (nSPS) is 19.0. The van der Waals surface area contributed by atoms with Gasteiger partial charge in [-0.3, -0.25) is 4.90 Å². The lowest BCUT2D eigenvalue weighted by atomic mass is 9.76. The lowest BCUT2D eigenvalue weighted by Crippen LogP contribution is -2.41. The van der Waals surface area contributed by atoms with E-state index in [0.717, 1.165) is 16.7 Å². The monoisotopic (exact) mass is 399 g/mol. The van der Waals surface area contributed by atoms with Crippen LogP contribution < -0.4 is 0 Å². The van der Waals surface area contributed by atoms with Crippen LogP contribution >= 0.6 is 0 Å². The number of benzene rings is 3. The number of hydrogen-bond acceptors (Lipinski definition) is 4. The minimum atomic E-state index is -1.01. The summed E-state index contributed by atoms with van der Waals surface area (Å²) >= 11 is 0. The van der Waals surface area contributed by atoms with Crippen molar-refractivity contribution in [2.75, 3.05) is 13.7 Å². The molecule has 0 aromatic heterocycles. The summed E-state index contributed by atoms with van der Waals surface area (Å²) in [7, 11) is 1.30. The Morgan fingerprint density at radius 2 is 1.33 bits per heavy atom. The van der Waals surface area contributed by atoms with Gasteiger partial charge in [0.25, 0.3) is 0 Å². The van der Waals surface area contributed by atoms with Crippen LogP contribution in [0.25, 0.3) is 0 Å². The van der Waals surface area contributed by atoms with Crippen LogP contribution in [-0.4, -0.2) is 41.8 Å². The molecule has 1 saturated heterocycles. The third kappa shape index (κ3) is 3.34. The van der Waals surface area contributed by atoms with Crippen LogP contribution in [0.5, 0.6) is 0 Å². The molecule has 1 aliphatic rings. The summed E-state index contributed by atoms with van der Waals surface area (Å²) in [6.45, 7) is 4.39. The van der Waals surface area contributed by atoms with E-state index in [1.165, 1.54) is 7.11 Å². The molecule has 1 unspecified atom stereocenters. The largest absolute Gasteiger partial charge is 0.466 e. The molecule has 0 radical (unpaired) electrons. The fraction of sp³-hybridized carbons (Fsp3) is 0.192. The summed E-state index contributed by atoms with van der Waals surface area (Å²) in [5.41, 5.74) is 2.77. The van der Waals surface area contributed by atoms with E-state index >= 15 is 0 Å². The standard InChI is InChI=1S/C26H25NO3/c1-19(25(29)30-2)24(28)23-18-27(23)26(20-12-6-3-7-13-20,21-14-8-4-9-15-21)22-16-10-5-11-17-22/h3-17,23-24,28H,1,18H2,2H3/t23-,24-,27?/m0/s1. The topological polar surface area (TPSA) is 49.5 Å². The summed E-state index contributed by atoms with van der Waals surface area (Å²) in [4.78, 5) is 14.2. The number of carbonyl (C=O) groups excluding carboxylic acids is 1. The van der Waals surface area contributed by atoms with Crippen LogP contribution in [0, 0.1) is 0 Å². The first kappa shape index (κ1) is 20.1. The molecule has 1 N–H and O–H groups in total. The SMILES string of the molecule is C=C(C(=O)OC)[C@H](O)[C@@H]1CN1C(c1ccccc1)(c1ccccc1)c1ccccc1. The van der Waals surface area contributed by atoms with E-state index in [4.69, 9.17) is 4.74 Å². The number of hydrogen-bond donors (Lipinski definition) is 1. The summed E-state index contributed by atoms with van der Waals surface area (Å²) in [5.74, 6) is -0.584. The Morgan fingerprint density at radius 3 is 1.70 bits per heavy atom. The Balaban J connectivity index is 1.87. The Bertz CT molecular complexity index is 921. The molecule has 0 aliphatic carbocycles. The molecule has 1 fully saturated rings. The van der Waals surface area contributed by atoms with Gasteiger partial charge in [-0.25, -0.2) is 4.79 Å². The number of esters is 1. The van der Waals surface area contributed by atoms with E-state index in [9.17, 15) is 9.90 Å². The molecule has 1 heterocycles. The zero-order chi connectivity index (χ0) is 21.1.